The summed E-state index contributed by atoms with van der Waals surface area (Å²) >= 11 is 0. The zero-order valence-corrected chi connectivity index (χ0v) is 11.4. The molecular weight excluding hydrogens is 210 g/mol. The van der Waals surface area contributed by atoms with E-state index in [0.717, 1.165) is 18.4 Å². The number of ether oxygens (including phenoxy) is 1. The first-order valence-electron chi connectivity index (χ1n) is 7.69. The Morgan fingerprint density at radius 1 is 1.00 bits per heavy atom. The maximum atomic E-state index is 5.78. The fourth-order valence-corrected chi connectivity index (χ4v) is 4.43. The van der Waals surface area contributed by atoms with Gasteiger partial charge in [0, 0.05) is 24.9 Å². The molecule has 3 saturated heterocycles. The van der Waals surface area contributed by atoms with E-state index in [1.807, 2.05) is 0 Å². The van der Waals surface area contributed by atoms with E-state index in [0.29, 0.717) is 6.10 Å². The molecule has 98 valence electrons. The van der Waals surface area contributed by atoms with E-state index in [4.69, 9.17) is 4.74 Å². The molecule has 1 unspecified atom stereocenters. The predicted molar refractivity (Wildman–Crippen MR) is 69.8 cm³/mol. The van der Waals surface area contributed by atoms with Crippen molar-refractivity contribution in [1.29, 1.82) is 0 Å². The van der Waals surface area contributed by atoms with Crippen molar-refractivity contribution in [2.45, 2.75) is 51.0 Å². The first-order valence-corrected chi connectivity index (χ1v) is 7.69. The van der Waals surface area contributed by atoms with Gasteiger partial charge in [0.15, 0.2) is 0 Å². The van der Waals surface area contributed by atoms with E-state index in [9.17, 15) is 0 Å². The second kappa shape index (κ2) is 4.89. The highest BCUT2D eigenvalue weighted by molar-refractivity contribution is 4.77. The largest absolute Gasteiger partial charge is 0.378 e. The zero-order chi connectivity index (χ0) is 11.7. The van der Waals surface area contributed by atoms with Crippen LogP contribution in [0, 0.1) is 11.8 Å². The Hall–Kier alpha value is -0.0800. The van der Waals surface area contributed by atoms with Crippen molar-refractivity contribution in [3.05, 3.63) is 0 Å². The van der Waals surface area contributed by atoms with E-state index < -0.39 is 0 Å². The van der Waals surface area contributed by atoms with Crippen LogP contribution in [0.5, 0.6) is 0 Å². The Morgan fingerprint density at radius 2 is 1.65 bits per heavy atom. The van der Waals surface area contributed by atoms with Gasteiger partial charge in [-0.3, -0.25) is 0 Å². The SMILES string of the molecule is C[N+]1(CCC2CCCO2)CC2CCC(CC2)C1. The number of rotatable bonds is 3. The van der Waals surface area contributed by atoms with Gasteiger partial charge in [-0.2, -0.15) is 0 Å². The summed E-state index contributed by atoms with van der Waals surface area (Å²) in [5.74, 6) is 2.06. The van der Waals surface area contributed by atoms with Gasteiger partial charge in [0.25, 0.3) is 0 Å². The molecule has 1 saturated carbocycles. The number of fused-ring (bicyclic) bond motifs is 4. The normalized spacial score (nSPS) is 46.1. The van der Waals surface area contributed by atoms with Gasteiger partial charge in [-0.1, -0.05) is 0 Å². The van der Waals surface area contributed by atoms with Crippen molar-refractivity contribution in [2.75, 3.05) is 33.3 Å². The summed E-state index contributed by atoms with van der Waals surface area (Å²) in [6.07, 6.45) is 10.5. The van der Waals surface area contributed by atoms with Crippen molar-refractivity contribution < 1.29 is 9.22 Å². The third-order valence-electron chi connectivity index (χ3n) is 5.38. The Labute approximate surface area is 106 Å². The Bertz CT molecular complexity index is 238. The summed E-state index contributed by atoms with van der Waals surface area (Å²) in [7, 11) is 2.51. The van der Waals surface area contributed by atoms with Gasteiger partial charge in [0.2, 0.25) is 0 Å². The van der Waals surface area contributed by atoms with Gasteiger partial charge >= 0.3 is 0 Å². The summed E-state index contributed by atoms with van der Waals surface area (Å²) in [6.45, 7) is 5.27. The first-order chi connectivity index (χ1) is 8.23. The summed E-state index contributed by atoms with van der Waals surface area (Å²) in [5.41, 5.74) is 0. The minimum Gasteiger partial charge on any atom is -0.378 e. The highest BCUT2D eigenvalue weighted by Gasteiger charge is 2.38. The third kappa shape index (κ3) is 2.85. The van der Waals surface area contributed by atoms with E-state index in [2.05, 4.69) is 7.05 Å². The fourth-order valence-electron chi connectivity index (χ4n) is 4.43. The van der Waals surface area contributed by atoms with Crippen LogP contribution in [-0.4, -0.2) is 43.9 Å². The molecule has 0 radical (unpaired) electrons. The third-order valence-corrected chi connectivity index (χ3v) is 5.38. The molecule has 3 aliphatic heterocycles. The lowest BCUT2D eigenvalue weighted by atomic mass is 9.84. The zero-order valence-electron chi connectivity index (χ0n) is 11.4. The average Bonchev–Trinajstić information content (AvgIpc) is 2.72. The molecule has 2 bridgehead atoms. The topological polar surface area (TPSA) is 9.23 Å². The highest BCUT2D eigenvalue weighted by Crippen LogP contribution is 2.36. The average molecular weight is 238 g/mol. The lowest BCUT2D eigenvalue weighted by Gasteiger charge is -2.35. The lowest BCUT2D eigenvalue weighted by molar-refractivity contribution is -0.913. The fraction of sp³-hybridized carbons (Fsp3) is 1.00. The van der Waals surface area contributed by atoms with Crippen molar-refractivity contribution >= 4 is 0 Å². The Kier molecular flexibility index (Phi) is 3.45. The van der Waals surface area contributed by atoms with Crippen LogP contribution in [0.4, 0.5) is 0 Å². The van der Waals surface area contributed by atoms with Gasteiger partial charge in [-0.25, -0.2) is 0 Å². The van der Waals surface area contributed by atoms with Crippen LogP contribution >= 0.6 is 0 Å². The predicted octanol–water partition coefficient (Wildman–Crippen LogP) is 2.82. The smallest absolute Gasteiger partial charge is 0.0813 e. The molecule has 1 atom stereocenters. The molecule has 0 aromatic rings. The lowest BCUT2D eigenvalue weighted by Crippen LogP contribution is -2.48. The first kappa shape index (κ1) is 12.0. The molecule has 4 fully saturated rings. The van der Waals surface area contributed by atoms with Crippen LogP contribution in [-0.2, 0) is 4.74 Å². The molecule has 17 heavy (non-hydrogen) atoms. The van der Waals surface area contributed by atoms with Crippen molar-refractivity contribution in [3.63, 3.8) is 0 Å². The Morgan fingerprint density at radius 3 is 2.18 bits per heavy atom. The minimum atomic E-state index is 0.589. The number of hydrogen-bond donors (Lipinski definition) is 0. The second-order valence-electron chi connectivity index (χ2n) is 7.02. The van der Waals surface area contributed by atoms with E-state index >= 15 is 0 Å². The van der Waals surface area contributed by atoms with Gasteiger partial charge in [0.1, 0.15) is 0 Å². The quantitative estimate of drug-likeness (QED) is 0.687. The molecule has 2 heteroatoms. The van der Waals surface area contributed by atoms with Crippen LogP contribution in [0.1, 0.15) is 44.9 Å². The standard InChI is InChI=1S/C15H28NO/c1-16(9-8-15-3-2-10-17-15)11-13-4-5-14(12-16)7-6-13/h13-15H,2-12H2,1H3/q+1. The molecular formula is C15H28NO+. The van der Waals surface area contributed by atoms with Gasteiger partial charge in [-0.05, 0) is 38.5 Å². The molecule has 2 nitrogen and oxygen atoms in total. The molecule has 0 N–H and O–H groups in total. The van der Waals surface area contributed by atoms with Crippen molar-refractivity contribution in [2.24, 2.45) is 11.8 Å². The van der Waals surface area contributed by atoms with E-state index in [-0.39, 0.29) is 0 Å². The summed E-state index contributed by atoms with van der Waals surface area (Å²) in [6, 6.07) is 0. The molecule has 0 spiro atoms. The van der Waals surface area contributed by atoms with Gasteiger partial charge < -0.3 is 9.22 Å². The molecule has 0 aromatic heterocycles. The maximum Gasteiger partial charge on any atom is 0.0813 e. The van der Waals surface area contributed by atoms with Crippen molar-refractivity contribution in [1.82, 2.24) is 0 Å². The highest BCUT2D eigenvalue weighted by atomic mass is 16.5. The second-order valence-corrected chi connectivity index (χ2v) is 7.02. The molecule has 0 amide bonds. The van der Waals surface area contributed by atoms with E-state index in [1.54, 1.807) is 0 Å². The number of nitrogens with zero attached hydrogens (tertiary/aromatic N) is 1. The van der Waals surface area contributed by atoms with Gasteiger partial charge in [-0.15, -0.1) is 0 Å². The van der Waals surface area contributed by atoms with Crippen LogP contribution in [0.3, 0.4) is 0 Å². The van der Waals surface area contributed by atoms with Crippen LogP contribution in [0.2, 0.25) is 0 Å². The minimum absolute atomic E-state index is 0.589. The summed E-state index contributed by atoms with van der Waals surface area (Å²) in [5, 5.41) is 0. The summed E-state index contributed by atoms with van der Waals surface area (Å²) < 4.78 is 7.12. The van der Waals surface area contributed by atoms with Crippen LogP contribution in [0.25, 0.3) is 0 Å². The monoisotopic (exact) mass is 238 g/mol. The Balaban J connectivity index is 1.56. The van der Waals surface area contributed by atoms with Crippen LogP contribution < -0.4 is 0 Å². The number of hydrogen-bond acceptors (Lipinski definition) is 1. The molecule has 4 rings (SSSR count). The molecule has 1 aliphatic carbocycles. The molecule has 4 aliphatic rings. The van der Waals surface area contributed by atoms with Gasteiger partial charge in [0.05, 0.1) is 32.8 Å². The van der Waals surface area contributed by atoms with Crippen LogP contribution in [0.15, 0.2) is 0 Å². The molecule has 0 aromatic carbocycles. The molecule has 3 heterocycles. The maximum absolute atomic E-state index is 5.78. The number of quaternary nitrogens is 1. The van der Waals surface area contributed by atoms with Crippen molar-refractivity contribution in [3.8, 4) is 0 Å². The summed E-state index contributed by atoms with van der Waals surface area (Å²) in [4.78, 5) is 0. The van der Waals surface area contributed by atoms with E-state index in [1.165, 1.54) is 69.1 Å².